The Balaban J connectivity index is 2.02. The second-order valence-corrected chi connectivity index (χ2v) is 5.30. The number of anilines is 3. The van der Waals surface area contributed by atoms with Crippen molar-refractivity contribution in [2.24, 2.45) is 0 Å². The molecule has 0 bridgehead atoms. The van der Waals surface area contributed by atoms with Crippen molar-refractivity contribution in [1.82, 2.24) is 0 Å². The van der Waals surface area contributed by atoms with Crippen LogP contribution in [0.15, 0.2) is 48.5 Å². The minimum absolute atomic E-state index is 0.467. The zero-order chi connectivity index (χ0) is 16.1. The summed E-state index contributed by atoms with van der Waals surface area (Å²) in [5, 5.41) is 5.54. The molecule has 0 aromatic heterocycles. The molecule has 0 radical (unpaired) electrons. The molecule has 0 saturated heterocycles. The summed E-state index contributed by atoms with van der Waals surface area (Å²) < 4.78 is 0. The molecule has 0 aliphatic heterocycles. The average molecular weight is 318 g/mol. The van der Waals surface area contributed by atoms with Gasteiger partial charge < -0.3 is 15.5 Å². The van der Waals surface area contributed by atoms with E-state index in [2.05, 4.69) is 10.6 Å². The topological polar surface area (TPSA) is 61.4 Å². The van der Waals surface area contributed by atoms with E-state index in [1.807, 2.05) is 25.1 Å². The van der Waals surface area contributed by atoms with Gasteiger partial charge in [0.15, 0.2) is 0 Å². The van der Waals surface area contributed by atoms with Crippen LogP contribution in [-0.4, -0.2) is 25.9 Å². The Bertz CT molecular complexity index is 701. The molecule has 0 spiro atoms. The average Bonchev–Trinajstić information content (AvgIpc) is 2.47. The SMILES string of the molecule is CN(C)c1cccc(NC(=O)C(=O)Nc2cccc(Cl)c2)c1. The van der Waals surface area contributed by atoms with Crippen LogP contribution in [-0.2, 0) is 9.59 Å². The van der Waals surface area contributed by atoms with Crippen molar-refractivity contribution in [3.63, 3.8) is 0 Å². The van der Waals surface area contributed by atoms with Crippen LogP contribution in [0.5, 0.6) is 0 Å². The molecule has 0 saturated carbocycles. The summed E-state index contributed by atoms with van der Waals surface area (Å²) in [4.78, 5) is 25.7. The van der Waals surface area contributed by atoms with Crippen LogP contribution in [0.2, 0.25) is 5.02 Å². The number of nitrogens with zero attached hydrogens (tertiary/aromatic N) is 1. The molecule has 2 aromatic carbocycles. The van der Waals surface area contributed by atoms with Crippen molar-refractivity contribution in [1.29, 1.82) is 0 Å². The van der Waals surface area contributed by atoms with Crippen molar-refractivity contribution in [2.45, 2.75) is 0 Å². The third-order valence-corrected chi connectivity index (χ3v) is 3.14. The number of nitrogens with one attached hydrogen (secondary N) is 2. The Labute approximate surface area is 133 Å². The van der Waals surface area contributed by atoms with E-state index < -0.39 is 11.8 Å². The Morgan fingerprint density at radius 1 is 0.909 bits per heavy atom. The van der Waals surface area contributed by atoms with Gasteiger partial charge in [-0.3, -0.25) is 9.59 Å². The van der Waals surface area contributed by atoms with E-state index in [-0.39, 0.29) is 0 Å². The number of halogens is 1. The van der Waals surface area contributed by atoms with E-state index in [1.54, 1.807) is 42.5 Å². The summed E-state index contributed by atoms with van der Waals surface area (Å²) in [6, 6.07) is 13.8. The lowest BCUT2D eigenvalue weighted by Crippen LogP contribution is -2.29. The van der Waals surface area contributed by atoms with E-state index >= 15 is 0 Å². The Morgan fingerprint density at radius 2 is 1.45 bits per heavy atom. The number of hydrogen-bond donors (Lipinski definition) is 2. The minimum Gasteiger partial charge on any atom is -0.378 e. The molecule has 0 aliphatic carbocycles. The van der Waals surface area contributed by atoms with Crippen molar-refractivity contribution in [3.8, 4) is 0 Å². The van der Waals surface area contributed by atoms with Gasteiger partial charge in [0.1, 0.15) is 0 Å². The fourth-order valence-corrected chi connectivity index (χ4v) is 1.99. The molecule has 6 heteroatoms. The first-order chi connectivity index (χ1) is 10.5. The molecular formula is C16H16ClN3O2. The standard InChI is InChI=1S/C16H16ClN3O2/c1-20(2)14-8-4-7-13(10-14)19-16(22)15(21)18-12-6-3-5-11(17)9-12/h3-10H,1-2H3,(H,18,21)(H,19,22). The highest BCUT2D eigenvalue weighted by Gasteiger charge is 2.14. The molecule has 2 N–H and O–H groups in total. The Hall–Kier alpha value is -2.53. The fourth-order valence-electron chi connectivity index (χ4n) is 1.80. The molecule has 0 aliphatic rings. The van der Waals surface area contributed by atoms with Crippen LogP contribution in [0.3, 0.4) is 0 Å². The summed E-state index contributed by atoms with van der Waals surface area (Å²) in [7, 11) is 3.79. The van der Waals surface area contributed by atoms with Gasteiger partial charge in [0, 0.05) is 36.2 Å². The number of amides is 2. The van der Waals surface area contributed by atoms with Crippen LogP contribution in [0, 0.1) is 0 Å². The smallest absolute Gasteiger partial charge is 0.314 e. The number of carbonyl (C=O) groups excluding carboxylic acids is 2. The van der Waals surface area contributed by atoms with Crippen LogP contribution < -0.4 is 15.5 Å². The van der Waals surface area contributed by atoms with Gasteiger partial charge >= 0.3 is 11.8 Å². The molecule has 0 atom stereocenters. The normalized spacial score (nSPS) is 9.95. The lowest BCUT2D eigenvalue weighted by Gasteiger charge is -2.14. The van der Waals surface area contributed by atoms with Crippen LogP contribution in [0.1, 0.15) is 0 Å². The molecule has 0 fully saturated rings. The lowest BCUT2D eigenvalue weighted by molar-refractivity contribution is -0.132. The third-order valence-electron chi connectivity index (χ3n) is 2.91. The molecule has 5 nitrogen and oxygen atoms in total. The van der Waals surface area contributed by atoms with Crippen LogP contribution in [0.4, 0.5) is 17.1 Å². The first-order valence-electron chi connectivity index (χ1n) is 6.61. The van der Waals surface area contributed by atoms with E-state index in [0.29, 0.717) is 16.4 Å². The molecule has 0 unspecified atom stereocenters. The second kappa shape index (κ2) is 6.95. The first kappa shape index (κ1) is 15.9. The van der Waals surface area contributed by atoms with E-state index in [0.717, 1.165) is 5.69 Å². The molecule has 2 rings (SSSR count). The molecule has 2 aromatic rings. The quantitative estimate of drug-likeness (QED) is 0.856. The van der Waals surface area contributed by atoms with E-state index in [1.165, 1.54) is 0 Å². The summed E-state index contributed by atoms with van der Waals surface area (Å²) in [5.41, 5.74) is 1.94. The van der Waals surface area contributed by atoms with Crippen molar-refractivity contribution in [2.75, 3.05) is 29.6 Å². The van der Waals surface area contributed by atoms with Gasteiger partial charge in [-0.1, -0.05) is 23.7 Å². The molecular weight excluding hydrogens is 302 g/mol. The highest BCUT2D eigenvalue weighted by atomic mass is 35.5. The number of hydrogen-bond acceptors (Lipinski definition) is 3. The second-order valence-electron chi connectivity index (χ2n) is 4.86. The summed E-state index contributed by atoms with van der Waals surface area (Å²) in [5.74, 6) is -1.49. The lowest BCUT2D eigenvalue weighted by atomic mass is 10.2. The maximum atomic E-state index is 11.9. The summed E-state index contributed by atoms with van der Waals surface area (Å²) in [6.45, 7) is 0. The molecule has 22 heavy (non-hydrogen) atoms. The van der Waals surface area contributed by atoms with Crippen molar-refractivity contribution < 1.29 is 9.59 Å². The molecule has 2 amide bonds. The van der Waals surface area contributed by atoms with Gasteiger partial charge in [-0.25, -0.2) is 0 Å². The maximum Gasteiger partial charge on any atom is 0.314 e. The zero-order valence-corrected chi connectivity index (χ0v) is 13.0. The molecule has 114 valence electrons. The summed E-state index contributed by atoms with van der Waals surface area (Å²) >= 11 is 5.83. The number of benzene rings is 2. The maximum absolute atomic E-state index is 11.9. The minimum atomic E-state index is -0.752. The highest BCUT2D eigenvalue weighted by Crippen LogP contribution is 2.18. The van der Waals surface area contributed by atoms with Gasteiger partial charge in [-0.2, -0.15) is 0 Å². The monoisotopic (exact) mass is 317 g/mol. The third kappa shape index (κ3) is 4.23. The van der Waals surface area contributed by atoms with Crippen LogP contribution >= 0.6 is 11.6 Å². The number of rotatable bonds is 3. The largest absolute Gasteiger partial charge is 0.378 e. The van der Waals surface area contributed by atoms with Gasteiger partial charge in [-0.15, -0.1) is 0 Å². The highest BCUT2D eigenvalue weighted by molar-refractivity contribution is 6.43. The fraction of sp³-hybridized carbons (Fsp3) is 0.125. The Kier molecular flexibility index (Phi) is 5.01. The van der Waals surface area contributed by atoms with Gasteiger partial charge in [0.05, 0.1) is 0 Å². The van der Waals surface area contributed by atoms with Crippen LogP contribution in [0.25, 0.3) is 0 Å². The van der Waals surface area contributed by atoms with Crippen molar-refractivity contribution in [3.05, 3.63) is 53.6 Å². The van der Waals surface area contributed by atoms with Crippen molar-refractivity contribution >= 4 is 40.5 Å². The van der Waals surface area contributed by atoms with Gasteiger partial charge in [0.2, 0.25) is 0 Å². The predicted molar refractivity (Wildman–Crippen MR) is 89.5 cm³/mol. The summed E-state index contributed by atoms with van der Waals surface area (Å²) in [6.07, 6.45) is 0. The van der Waals surface area contributed by atoms with Gasteiger partial charge in [0.25, 0.3) is 0 Å². The first-order valence-corrected chi connectivity index (χ1v) is 6.99. The van der Waals surface area contributed by atoms with Gasteiger partial charge in [-0.05, 0) is 36.4 Å². The number of carbonyl (C=O) groups is 2. The van der Waals surface area contributed by atoms with E-state index in [9.17, 15) is 9.59 Å². The Morgan fingerprint density at radius 3 is 2.00 bits per heavy atom. The molecule has 0 heterocycles. The zero-order valence-electron chi connectivity index (χ0n) is 12.3. The predicted octanol–water partition coefficient (Wildman–Crippen LogP) is 2.98. The van der Waals surface area contributed by atoms with E-state index in [4.69, 9.17) is 11.6 Å².